The molecule has 1 N–H and O–H groups in total. The highest BCUT2D eigenvalue weighted by atomic mass is 16.5. The number of ether oxygens (including phenoxy) is 1. The number of hydrogen-bond acceptors (Lipinski definition) is 5. The van der Waals surface area contributed by atoms with Gasteiger partial charge in [-0.1, -0.05) is 0 Å². The quantitative estimate of drug-likeness (QED) is 0.754. The van der Waals surface area contributed by atoms with E-state index in [-0.39, 0.29) is 11.8 Å². The molecule has 0 aromatic carbocycles. The van der Waals surface area contributed by atoms with Gasteiger partial charge in [-0.2, -0.15) is 10.2 Å². The molecular weight excluding hydrogens is 308 g/mol. The lowest BCUT2D eigenvalue weighted by Gasteiger charge is -2.22. The van der Waals surface area contributed by atoms with Crippen molar-refractivity contribution in [3.05, 3.63) is 35.9 Å². The third kappa shape index (κ3) is 4.01. The predicted octanol–water partition coefficient (Wildman–Crippen LogP) is 0.0112. The molecule has 0 fully saturated rings. The van der Waals surface area contributed by atoms with Gasteiger partial charge in [0.15, 0.2) is 0 Å². The number of aryl methyl sites for hydroxylation is 1. The summed E-state index contributed by atoms with van der Waals surface area (Å²) in [4.78, 5) is 14.8. The average molecular weight is 332 g/mol. The lowest BCUT2D eigenvalue weighted by atomic mass is 10.1. The second-order valence-electron chi connectivity index (χ2n) is 6.18. The van der Waals surface area contributed by atoms with Crippen LogP contribution in [0.25, 0.3) is 0 Å². The van der Waals surface area contributed by atoms with Gasteiger partial charge in [0.1, 0.15) is 0 Å². The van der Waals surface area contributed by atoms with E-state index in [0.29, 0.717) is 26.2 Å². The van der Waals surface area contributed by atoms with Gasteiger partial charge in [0, 0.05) is 58.3 Å². The third-order valence-electron chi connectivity index (χ3n) is 4.20. The van der Waals surface area contributed by atoms with E-state index >= 15 is 0 Å². The minimum Gasteiger partial charge on any atom is -0.383 e. The molecule has 0 bridgehead atoms. The standard InChI is InChI=1S/C16H24N6O2/c1-20-8-13(7-19-20)9-21-10-14(16(23)17-5-6-24-2)11-22-15(12-21)3-4-18-22/h3-4,7-8,14H,5-6,9-12H2,1-2H3,(H,17,23)/t14-/m0/s1. The van der Waals surface area contributed by atoms with Crippen molar-refractivity contribution >= 4 is 5.91 Å². The van der Waals surface area contributed by atoms with Crippen LogP contribution in [0.4, 0.5) is 0 Å². The Morgan fingerprint density at radius 2 is 2.29 bits per heavy atom. The van der Waals surface area contributed by atoms with E-state index in [4.69, 9.17) is 4.74 Å². The molecule has 1 aliphatic heterocycles. The maximum absolute atomic E-state index is 12.5. The van der Waals surface area contributed by atoms with Gasteiger partial charge in [0.25, 0.3) is 0 Å². The normalized spacial score (nSPS) is 18.2. The van der Waals surface area contributed by atoms with Crippen LogP contribution in [0.15, 0.2) is 24.7 Å². The number of hydrogen-bond donors (Lipinski definition) is 1. The maximum atomic E-state index is 12.5. The predicted molar refractivity (Wildman–Crippen MR) is 87.9 cm³/mol. The van der Waals surface area contributed by atoms with Crippen LogP contribution in [0.3, 0.4) is 0 Å². The lowest BCUT2D eigenvalue weighted by molar-refractivity contribution is -0.126. The molecular formula is C16H24N6O2. The molecule has 0 saturated heterocycles. The Labute approximate surface area is 141 Å². The molecule has 0 spiro atoms. The van der Waals surface area contributed by atoms with Crippen molar-refractivity contribution in [1.29, 1.82) is 0 Å². The fraction of sp³-hybridized carbons (Fsp3) is 0.562. The summed E-state index contributed by atoms with van der Waals surface area (Å²) < 4.78 is 8.73. The molecule has 130 valence electrons. The number of fused-ring (bicyclic) bond motifs is 1. The molecule has 2 aromatic heterocycles. The van der Waals surface area contributed by atoms with Gasteiger partial charge in [-0.15, -0.1) is 0 Å². The van der Waals surface area contributed by atoms with E-state index in [1.807, 2.05) is 30.2 Å². The first kappa shape index (κ1) is 16.7. The van der Waals surface area contributed by atoms with Gasteiger partial charge < -0.3 is 10.1 Å². The van der Waals surface area contributed by atoms with Gasteiger partial charge >= 0.3 is 0 Å². The SMILES string of the molecule is COCCNC(=O)[C@H]1CN(Cc2cnn(C)c2)Cc2ccnn2C1. The summed E-state index contributed by atoms with van der Waals surface area (Å²) in [6.45, 7) is 3.88. The van der Waals surface area contributed by atoms with E-state index in [2.05, 4.69) is 20.4 Å². The smallest absolute Gasteiger partial charge is 0.226 e. The van der Waals surface area contributed by atoms with Gasteiger partial charge in [-0.05, 0) is 6.07 Å². The molecule has 2 aromatic rings. The van der Waals surface area contributed by atoms with Crippen molar-refractivity contribution in [2.24, 2.45) is 13.0 Å². The first-order chi connectivity index (χ1) is 11.7. The average Bonchev–Trinajstić information content (AvgIpc) is 3.12. The Morgan fingerprint density at radius 1 is 1.42 bits per heavy atom. The molecule has 0 radical (unpaired) electrons. The van der Waals surface area contributed by atoms with Crippen molar-refractivity contribution in [2.75, 3.05) is 26.8 Å². The van der Waals surface area contributed by atoms with Gasteiger partial charge in [0.2, 0.25) is 5.91 Å². The van der Waals surface area contributed by atoms with E-state index < -0.39 is 0 Å². The van der Waals surface area contributed by atoms with Crippen molar-refractivity contribution in [3.8, 4) is 0 Å². The Hall–Kier alpha value is -2.19. The van der Waals surface area contributed by atoms with Gasteiger partial charge in [-0.3, -0.25) is 19.1 Å². The zero-order valence-corrected chi connectivity index (χ0v) is 14.2. The fourth-order valence-electron chi connectivity index (χ4n) is 3.05. The molecule has 0 unspecified atom stereocenters. The van der Waals surface area contributed by atoms with E-state index in [0.717, 1.165) is 24.3 Å². The molecule has 8 heteroatoms. The van der Waals surface area contributed by atoms with Crippen LogP contribution < -0.4 is 5.32 Å². The van der Waals surface area contributed by atoms with Crippen LogP contribution >= 0.6 is 0 Å². The summed E-state index contributed by atoms with van der Waals surface area (Å²) in [5.74, 6) is -0.0914. The molecule has 3 heterocycles. The van der Waals surface area contributed by atoms with Crippen LogP contribution in [-0.2, 0) is 36.2 Å². The van der Waals surface area contributed by atoms with Crippen molar-refractivity contribution < 1.29 is 9.53 Å². The third-order valence-corrected chi connectivity index (χ3v) is 4.20. The number of carbonyl (C=O) groups excluding carboxylic acids is 1. The molecule has 0 saturated carbocycles. The Morgan fingerprint density at radius 3 is 3.04 bits per heavy atom. The molecule has 3 rings (SSSR count). The molecule has 1 atom stereocenters. The second kappa shape index (κ2) is 7.59. The molecule has 1 amide bonds. The summed E-state index contributed by atoms with van der Waals surface area (Å²) in [6.07, 6.45) is 5.68. The minimum atomic E-state index is -0.139. The molecule has 8 nitrogen and oxygen atoms in total. The Bertz CT molecular complexity index is 680. The number of aromatic nitrogens is 4. The number of carbonyl (C=O) groups is 1. The number of methoxy groups -OCH3 is 1. The van der Waals surface area contributed by atoms with Crippen molar-refractivity contribution in [1.82, 2.24) is 29.8 Å². The highest BCUT2D eigenvalue weighted by molar-refractivity contribution is 5.78. The van der Waals surface area contributed by atoms with Crippen LogP contribution in [0.2, 0.25) is 0 Å². The molecule has 1 aliphatic rings. The second-order valence-corrected chi connectivity index (χ2v) is 6.18. The fourth-order valence-corrected chi connectivity index (χ4v) is 3.05. The van der Waals surface area contributed by atoms with Crippen LogP contribution in [0.5, 0.6) is 0 Å². The molecule has 24 heavy (non-hydrogen) atoms. The van der Waals surface area contributed by atoms with Gasteiger partial charge in [0.05, 0.1) is 31.0 Å². The summed E-state index contributed by atoms with van der Waals surface area (Å²) in [5, 5.41) is 11.5. The highest BCUT2D eigenvalue weighted by Gasteiger charge is 2.27. The topological polar surface area (TPSA) is 77.2 Å². The number of rotatable bonds is 6. The van der Waals surface area contributed by atoms with Crippen LogP contribution in [0.1, 0.15) is 11.3 Å². The highest BCUT2D eigenvalue weighted by Crippen LogP contribution is 2.18. The maximum Gasteiger partial charge on any atom is 0.226 e. The van der Waals surface area contributed by atoms with Crippen LogP contribution in [0, 0.1) is 5.92 Å². The molecule has 0 aliphatic carbocycles. The first-order valence-corrected chi connectivity index (χ1v) is 8.13. The monoisotopic (exact) mass is 332 g/mol. The largest absolute Gasteiger partial charge is 0.383 e. The summed E-state index contributed by atoms with van der Waals surface area (Å²) in [6, 6.07) is 2.02. The van der Waals surface area contributed by atoms with E-state index in [1.54, 1.807) is 18.0 Å². The number of amides is 1. The Kier molecular flexibility index (Phi) is 5.27. The van der Waals surface area contributed by atoms with Crippen molar-refractivity contribution in [2.45, 2.75) is 19.6 Å². The lowest BCUT2D eigenvalue weighted by Crippen LogP contribution is -2.40. The van der Waals surface area contributed by atoms with Crippen molar-refractivity contribution in [3.63, 3.8) is 0 Å². The Balaban J connectivity index is 1.71. The summed E-state index contributed by atoms with van der Waals surface area (Å²) in [5.41, 5.74) is 2.27. The summed E-state index contributed by atoms with van der Waals surface area (Å²) in [7, 11) is 3.54. The first-order valence-electron chi connectivity index (χ1n) is 8.13. The van der Waals surface area contributed by atoms with E-state index in [9.17, 15) is 4.79 Å². The minimum absolute atomic E-state index is 0.0478. The van der Waals surface area contributed by atoms with Gasteiger partial charge in [-0.25, -0.2) is 0 Å². The number of nitrogens with one attached hydrogen (secondary N) is 1. The zero-order valence-electron chi connectivity index (χ0n) is 14.2. The van der Waals surface area contributed by atoms with Crippen LogP contribution in [-0.4, -0.2) is 57.2 Å². The summed E-state index contributed by atoms with van der Waals surface area (Å²) >= 11 is 0. The number of nitrogens with zero attached hydrogens (tertiary/aromatic N) is 5. The zero-order chi connectivity index (χ0) is 16.9. The van der Waals surface area contributed by atoms with E-state index in [1.165, 1.54) is 0 Å².